The Morgan fingerprint density at radius 1 is 1.43 bits per heavy atom. The first-order valence-corrected chi connectivity index (χ1v) is 4.49. The van der Waals surface area contributed by atoms with Crippen molar-refractivity contribution in [1.29, 1.82) is 0 Å². The lowest BCUT2D eigenvalue weighted by Gasteiger charge is -2.05. The molecule has 0 saturated heterocycles. The van der Waals surface area contributed by atoms with Crippen LogP contribution in [0.3, 0.4) is 0 Å². The molecule has 0 atom stereocenters. The molecule has 0 aliphatic carbocycles. The number of hydrogen-bond donors (Lipinski definition) is 0. The highest BCUT2D eigenvalue weighted by molar-refractivity contribution is 5.81. The molecule has 0 fully saturated rings. The fraction of sp³-hybridized carbons (Fsp3) is 0.250. The maximum Gasteiger partial charge on any atom is 0.330 e. The number of rotatable bonds is 3. The van der Waals surface area contributed by atoms with Gasteiger partial charge < -0.3 is 4.74 Å². The van der Waals surface area contributed by atoms with Gasteiger partial charge in [0.05, 0.1) is 0 Å². The van der Waals surface area contributed by atoms with Crippen molar-refractivity contribution in [3.63, 3.8) is 0 Å². The van der Waals surface area contributed by atoms with Gasteiger partial charge in [0.1, 0.15) is 6.61 Å². The van der Waals surface area contributed by atoms with Crippen molar-refractivity contribution in [2.45, 2.75) is 20.5 Å². The number of hydrogen-bond acceptors (Lipinski definition) is 2. The van der Waals surface area contributed by atoms with Crippen molar-refractivity contribution >= 4 is 5.97 Å². The van der Waals surface area contributed by atoms with Crippen molar-refractivity contribution in [3.8, 4) is 0 Å². The summed E-state index contributed by atoms with van der Waals surface area (Å²) in [6.45, 7) is 7.73. The highest BCUT2D eigenvalue weighted by Gasteiger charge is 1.99. The van der Waals surface area contributed by atoms with Crippen molar-refractivity contribution in [3.05, 3.63) is 47.5 Å². The van der Waals surface area contributed by atoms with Crippen LogP contribution in [0, 0.1) is 13.8 Å². The average Bonchev–Trinajstić information content (AvgIpc) is 2.19. The molecule has 0 spiro atoms. The Hall–Kier alpha value is -1.57. The molecular weight excluding hydrogens is 176 g/mol. The van der Waals surface area contributed by atoms with Crippen LogP contribution in [0.4, 0.5) is 0 Å². The SMILES string of the molecule is C=CC(=O)OCc1ccc(C)c(C)c1. The summed E-state index contributed by atoms with van der Waals surface area (Å²) in [5.74, 6) is -0.386. The Morgan fingerprint density at radius 2 is 2.14 bits per heavy atom. The number of ether oxygens (including phenoxy) is 1. The monoisotopic (exact) mass is 190 g/mol. The van der Waals surface area contributed by atoms with Gasteiger partial charge >= 0.3 is 5.97 Å². The lowest BCUT2D eigenvalue weighted by atomic mass is 10.1. The lowest BCUT2D eigenvalue weighted by molar-refractivity contribution is -0.138. The Morgan fingerprint density at radius 3 is 2.71 bits per heavy atom. The van der Waals surface area contributed by atoms with Gasteiger partial charge in [0.25, 0.3) is 0 Å². The molecule has 0 aromatic heterocycles. The van der Waals surface area contributed by atoms with E-state index in [1.165, 1.54) is 17.2 Å². The van der Waals surface area contributed by atoms with Crippen molar-refractivity contribution in [2.75, 3.05) is 0 Å². The van der Waals surface area contributed by atoms with Crippen LogP contribution < -0.4 is 0 Å². The summed E-state index contributed by atoms with van der Waals surface area (Å²) in [4.78, 5) is 10.8. The molecule has 0 heterocycles. The van der Waals surface area contributed by atoms with Gasteiger partial charge in [-0.2, -0.15) is 0 Å². The summed E-state index contributed by atoms with van der Waals surface area (Å²) in [6.07, 6.45) is 1.17. The molecule has 0 radical (unpaired) electrons. The maximum atomic E-state index is 10.8. The summed E-state index contributed by atoms with van der Waals surface area (Å²) >= 11 is 0. The van der Waals surface area contributed by atoms with E-state index in [0.29, 0.717) is 6.61 Å². The van der Waals surface area contributed by atoms with Gasteiger partial charge in [-0.25, -0.2) is 4.79 Å². The van der Waals surface area contributed by atoms with Crippen LogP contribution in [-0.4, -0.2) is 5.97 Å². The quantitative estimate of drug-likeness (QED) is 0.540. The molecule has 2 heteroatoms. The highest BCUT2D eigenvalue weighted by Crippen LogP contribution is 2.10. The van der Waals surface area contributed by atoms with Crippen LogP contribution in [0.15, 0.2) is 30.9 Å². The fourth-order valence-electron chi connectivity index (χ4n) is 1.11. The summed E-state index contributed by atoms with van der Waals surface area (Å²) in [5, 5.41) is 0. The molecule has 1 aromatic carbocycles. The third-order valence-electron chi connectivity index (χ3n) is 2.12. The molecule has 1 rings (SSSR count). The number of benzene rings is 1. The van der Waals surface area contributed by atoms with E-state index < -0.39 is 0 Å². The van der Waals surface area contributed by atoms with Crippen molar-refractivity contribution in [2.24, 2.45) is 0 Å². The van der Waals surface area contributed by atoms with E-state index in [9.17, 15) is 4.79 Å². The molecule has 0 unspecified atom stereocenters. The van der Waals surface area contributed by atoms with E-state index in [1.54, 1.807) is 0 Å². The van der Waals surface area contributed by atoms with Crippen LogP contribution in [-0.2, 0) is 16.1 Å². The van der Waals surface area contributed by atoms with Gasteiger partial charge in [0.2, 0.25) is 0 Å². The second-order valence-electron chi connectivity index (χ2n) is 3.23. The summed E-state index contributed by atoms with van der Waals surface area (Å²) in [7, 11) is 0. The van der Waals surface area contributed by atoms with Crippen molar-refractivity contribution in [1.82, 2.24) is 0 Å². The van der Waals surface area contributed by atoms with Crippen LogP contribution in [0.2, 0.25) is 0 Å². The number of esters is 1. The normalized spacial score (nSPS) is 9.57. The molecule has 2 nitrogen and oxygen atoms in total. The van der Waals surface area contributed by atoms with Gasteiger partial charge in [0.15, 0.2) is 0 Å². The highest BCUT2D eigenvalue weighted by atomic mass is 16.5. The van der Waals surface area contributed by atoms with Crippen LogP contribution in [0.1, 0.15) is 16.7 Å². The smallest absolute Gasteiger partial charge is 0.330 e. The van der Waals surface area contributed by atoms with Gasteiger partial charge in [-0.05, 0) is 30.5 Å². The van der Waals surface area contributed by atoms with Crippen LogP contribution in [0.5, 0.6) is 0 Å². The Bertz CT molecular complexity index is 353. The van der Waals surface area contributed by atoms with Gasteiger partial charge in [-0.1, -0.05) is 24.8 Å². The maximum absolute atomic E-state index is 10.8. The third-order valence-corrected chi connectivity index (χ3v) is 2.12. The third kappa shape index (κ3) is 2.73. The van der Waals surface area contributed by atoms with E-state index in [0.717, 1.165) is 5.56 Å². The summed E-state index contributed by atoms with van der Waals surface area (Å²) in [6, 6.07) is 6.00. The second-order valence-corrected chi connectivity index (χ2v) is 3.23. The average molecular weight is 190 g/mol. The molecule has 0 bridgehead atoms. The molecule has 74 valence electrons. The lowest BCUT2D eigenvalue weighted by Crippen LogP contribution is -2.00. The Labute approximate surface area is 84.2 Å². The standard InChI is InChI=1S/C12H14O2/c1-4-12(13)14-8-11-6-5-9(2)10(3)7-11/h4-7H,1,8H2,2-3H3. The molecule has 0 saturated carbocycles. The predicted octanol–water partition coefficient (Wildman–Crippen LogP) is 2.53. The van der Waals surface area contributed by atoms with E-state index in [-0.39, 0.29) is 5.97 Å². The number of aryl methyl sites for hydroxylation is 2. The van der Waals surface area contributed by atoms with Gasteiger partial charge in [0, 0.05) is 6.08 Å². The molecule has 0 amide bonds. The summed E-state index contributed by atoms with van der Waals surface area (Å²) in [5.41, 5.74) is 3.45. The van der Waals surface area contributed by atoms with E-state index >= 15 is 0 Å². The molecule has 0 aliphatic rings. The topological polar surface area (TPSA) is 26.3 Å². The molecule has 0 N–H and O–H groups in total. The predicted molar refractivity (Wildman–Crippen MR) is 55.9 cm³/mol. The molecule has 0 aliphatic heterocycles. The molecule has 14 heavy (non-hydrogen) atoms. The van der Waals surface area contributed by atoms with Gasteiger partial charge in [-0.15, -0.1) is 0 Å². The Balaban J connectivity index is 2.64. The molecule has 1 aromatic rings. The largest absolute Gasteiger partial charge is 0.458 e. The first-order chi connectivity index (χ1) is 6.63. The second kappa shape index (κ2) is 4.61. The zero-order valence-electron chi connectivity index (χ0n) is 8.54. The minimum Gasteiger partial charge on any atom is -0.458 e. The zero-order chi connectivity index (χ0) is 10.6. The first kappa shape index (κ1) is 10.5. The van der Waals surface area contributed by atoms with E-state index in [2.05, 4.69) is 13.5 Å². The minimum atomic E-state index is -0.386. The van der Waals surface area contributed by atoms with Crippen molar-refractivity contribution < 1.29 is 9.53 Å². The molecular formula is C12H14O2. The fourth-order valence-corrected chi connectivity index (χ4v) is 1.11. The summed E-state index contributed by atoms with van der Waals surface area (Å²) < 4.78 is 4.92. The van der Waals surface area contributed by atoms with Crippen LogP contribution in [0.25, 0.3) is 0 Å². The first-order valence-electron chi connectivity index (χ1n) is 4.49. The van der Waals surface area contributed by atoms with E-state index in [1.807, 2.05) is 25.1 Å². The zero-order valence-corrected chi connectivity index (χ0v) is 8.54. The number of carbonyl (C=O) groups is 1. The van der Waals surface area contributed by atoms with E-state index in [4.69, 9.17) is 4.74 Å². The van der Waals surface area contributed by atoms with Gasteiger partial charge in [-0.3, -0.25) is 0 Å². The Kier molecular flexibility index (Phi) is 3.46. The minimum absolute atomic E-state index is 0.311. The van der Waals surface area contributed by atoms with Crippen LogP contribution >= 0.6 is 0 Å². The number of carbonyl (C=O) groups excluding carboxylic acids is 1.